The van der Waals surface area contributed by atoms with Gasteiger partial charge in [0.1, 0.15) is 23.3 Å². The van der Waals surface area contributed by atoms with Crippen molar-refractivity contribution in [3.05, 3.63) is 88.4 Å². The van der Waals surface area contributed by atoms with Crippen LogP contribution in [0.25, 0.3) is 5.76 Å². The van der Waals surface area contributed by atoms with E-state index in [1.807, 2.05) is 39.8 Å². The van der Waals surface area contributed by atoms with E-state index in [0.29, 0.717) is 29.4 Å². The van der Waals surface area contributed by atoms with Crippen molar-refractivity contribution in [2.45, 2.75) is 40.2 Å². The molecule has 1 fully saturated rings. The van der Waals surface area contributed by atoms with Gasteiger partial charge in [0.05, 0.1) is 18.4 Å². The fourth-order valence-electron chi connectivity index (χ4n) is 4.12. The van der Waals surface area contributed by atoms with Gasteiger partial charge >= 0.3 is 0 Å². The smallest absolute Gasteiger partial charge is 0.300 e. The average molecular weight is 446 g/mol. The Morgan fingerprint density at radius 3 is 2.52 bits per heavy atom. The summed E-state index contributed by atoms with van der Waals surface area (Å²) in [6.45, 7) is 8.34. The van der Waals surface area contributed by atoms with Crippen LogP contribution < -0.4 is 9.64 Å². The number of aliphatic hydroxyl groups excluding tert-OH is 1. The summed E-state index contributed by atoms with van der Waals surface area (Å²) >= 11 is 0. The highest BCUT2D eigenvalue weighted by molar-refractivity contribution is 6.51. The zero-order valence-electron chi connectivity index (χ0n) is 19.2. The highest BCUT2D eigenvalue weighted by Gasteiger charge is 2.48. The van der Waals surface area contributed by atoms with Gasteiger partial charge in [-0.25, -0.2) is 0 Å². The molecular formula is C27H27NO5. The lowest BCUT2D eigenvalue weighted by atomic mass is 9.97. The Kier molecular flexibility index (Phi) is 6.09. The van der Waals surface area contributed by atoms with Crippen molar-refractivity contribution in [1.82, 2.24) is 0 Å². The first-order valence-corrected chi connectivity index (χ1v) is 11.0. The Labute approximate surface area is 193 Å². The number of carbonyl (C=O) groups is 2. The van der Waals surface area contributed by atoms with Crippen LogP contribution in [0.1, 0.15) is 47.4 Å². The first kappa shape index (κ1) is 22.4. The van der Waals surface area contributed by atoms with Crippen LogP contribution in [-0.4, -0.2) is 23.4 Å². The van der Waals surface area contributed by atoms with Crippen LogP contribution in [0.15, 0.2) is 64.8 Å². The topological polar surface area (TPSA) is 80.0 Å². The quantitative estimate of drug-likeness (QED) is 0.303. The molecule has 1 amide bonds. The summed E-state index contributed by atoms with van der Waals surface area (Å²) in [4.78, 5) is 27.9. The second-order valence-electron chi connectivity index (χ2n) is 8.23. The summed E-state index contributed by atoms with van der Waals surface area (Å²) in [5.41, 5.74) is 3.74. The van der Waals surface area contributed by atoms with Crippen molar-refractivity contribution in [3.63, 3.8) is 0 Å². The van der Waals surface area contributed by atoms with Crippen molar-refractivity contribution in [2.75, 3.05) is 11.5 Å². The highest BCUT2D eigenvalue weighted by Crippen LogP contribution is 2.43. The lowest BCUT2D eigenvalue weighted by Gasteiger charge is -2.25. The van der Waals surface area contributed by atoms with Crippen molar-refractivity contribution in [2.24, 2.45) is 0 Å². The van der Waals surface area contributed by atoms with E-state index >= 15 is 0 Å². The molecule has 33 heavy (non-hydrogen) atoms. The Balaban J connectivity index is 1.87. The van der Waals surface area contributed by atoms with Gasteiger partial charge in [-0.3, -0.25) is 14.5 Å². The minimum Gasteiger partial charge on any atom is -0.507 e. The van der Waals surface area contributed by atoms with Crippen molar-refractivity contribution < 1.29 is 23.8 Å². The summed E-state index contributed by atoms with van der Waals surface area (Å²) < 4.78 is 11.3. The molecule has 0 radical (unpaired) electrons. The molecule has 0 aliphatic carbocycles. The number of benzene rings is 2. The molecule has 0 bridgehead atoms. The van der Waals surface area contributed by atoms with E-state index in [0.717, 1.165) is 23.1 Å². The van der Waals surface area contributed by atoms with Gasteiger partial charge in [-0.15, -0.1) is 0 Å². The molecule has 1 N–H and O–H groups in total. The number of ketones is 1. The second kappa shape index (κ2) is 8.98. The standard InChI is InChI=1S/C27H27NO5/c1-5-13-32-21-12-11-19(15-17(21)3)25(29)23-24(22-10-7-14-33-22)28(27(31)26(23)30)20-9-6-8-16(2)18(20)4/h6-12,14-15,24,29H,5,13H2,1-4H3/b25-23-. The lowest BCUT2D eigenvalue weighted by Crippen LogP contribution is -2.30. The van der Waals surface area contributed by atoms with Gasteiger partial charge < -0.3 is 14.3 Å². The normalized spacial score (nSPS) is 17.6. The van der Waals surface area contributed by atoms with Gasteiger partial charge in [0.15, 0.2) is 0 Å². The van der Waals surface area contributed by atoms with Crippen molar-refractivity contribution in [1.29, 1.82) is 0 Å². The highest BCUT2D eigenvalue weighted by atomic mass is 16.5. The van der Waals surface area contributed by atoms with Crippen LogP contribution >= 0.6 is 0 Å². The molecule has 1 aromatic heterocycles. The predicted molar refractivity (Wildman–Crippen MR) is 126 cm³/mol. The number of ether oxygens (including phenoxy) is 1. The molecule has 6 nitrogen and oxygen atoms in total. The number of hydrogen-bond donors (Lipinski definition) is 1. The van der Waals surface area contributed by atoms with Crippen LogP contribution in [0.4, 0.5) is 5.69 Å². The Morgan fingerprint density at radius 1 is 1.06 bits per heavy atom. The third kappa shape index (κ3) is 3.93. The molecule has 3 aromatic rings. The zero-order valence-corrected chi connectivity index (χ0v) is 19.2. The molecule has 2 aromatic carbocycles. The van der Waals surface area contributed by atoms with Crippen LogP contribution in [0.5, 0.6) is 5.75 Å². The number of carbonyl (C=O) groups excluding carboxylic acids is 2. The van der Waals surface area contributed by atoms with E-state index in [1.165, 1.54) is 11.2 Å². The number of furan rings is 1. The lowest BCUT2D eigenvalue weighted by molar-refractivity contribution is -0.132. The number of hydrogen-bond acceptors (Lipinski definition) is 5. The van der Waals surface area contributed by atoms with Crippen molar-refractivity contribution in [3.8, 4) is 5.75 Å². The van der Waals surface area contributed by atoms with Gasteiger partial charge in [-0.1, -0.05) is 19.1 Å². The number of rotatable bonds is 6. The second-order valence-corrected chi connectivity index (χ2v) is 8.23. The van der Waals surface area contributed by atoms with Crippen LogP contribution in [0, 0.1) is 20.8 Å². The largest absolute Gasteiger partial charge is 0.507 e. The average Bonchev–Trinajstić information content (AvgIpc) is 3.42. The van der Waals surface area contributed by atoms with Gasteiger partial charge in [0.2, 0.25) is 0 Å². The summed E-state index contributed by atoms with van der Waals surface area (Å²) in [5, 5.41) is 11.3. The first-order valence-electron chi connectivity index (χ1n) is 11.0. The Bertz CT molecular complexity index is 1240. The zero-order chi connectivity index (χ0) is 23.7. The number of aryl methyl sites for hydroxylation is 2. The number of anilines is 1. The molecular weight excluding hydrogens is 418 g/mol. The van der Waals surface area contributed by atoms with Crippen LogP contribution in [-0.2, 0) is 9.59 Å². The molecule has 1 atom stereocenters. The molecule has 6 heteroatoms. The Hall–Kier alpha value is -3.80. The number of aliphatic hydroxyl groups is 1. The van der Waals surface area contributed by atoms with E-state index in [-0.39, 0.29) is 11.3 Å². The van der Waals surface area contributed by atoms with E-state index in [9.17, 15) is 14.7 Å². The third-order valence-electron chi connectivity index (χ3n) is 6.00. The maximum Gasteiger partial charge on any atom is 0.300 e. The van der Waals surface area contributed by atoms with Gasteiger partial charge in [-0.05, 0) is 80.3 Å². The minimum absolute atomic E-state index is 0.00233. The van der Waals surface area contributed by atoms with E-state index < -0.39 is 17.7 Å². The number of amides is 1. The fourth-order valence-corrected chi connectivity index (χ4v) is 4.12. The molecule has 0 saturated carbocycles. The van der Waals surface area contributed by atoms with Gasteiger partial charge in [0, 0.05) is 11.3 Å². The molecule has 2 heterocycles. The third-order valence-corrected chi connectivity index (χ3v) is 6.00. The molecule has 170 valence electrons. The van der Waals surface area contributed by atoms with E-state index in [4.69, 9.17) is 9.15 Å². The molecule has 1 aliphatic rings. The maximum absolute atomic E-state index is 13.2. The molecule has 0 spiro atoms. The molecule has 1 unspecified atom stereocenters. The minimum atomic E-state index is -0.878. The monoisotopic (exact) mass is 445 g/mol. The van der Waals surface area contributed by atoms with Crippen molar-refractivity contribution >= 4 is 23.1 Å². The maximum atomic E-state index is 13.2. The summed E-state index contributed by atoms with van der Waals surface area (Å²) in [6.07, 6.45) is 2.37. The SMILES string of the molecule is CCCOc1ccc(/C(O)=C2/C(=O)C(=O)N(c3cccc(C)c3C)C2c2ccco2)cc1C. The number of Topliss-reactive ketones (excluding diaryl/α,β-unsaturated/α-hetero) is 1. The molecule has 1 saturated heterocycles. The molecule has 4 rings (SSSR count). The fraction of sp³-hybridized carbons (Fsp3) is 0.259. The number of nitrogens with zero attached hydrogens (tertiary/aromatic N) is 1. The van der Waals surface area contributed by atoms with E-state index in [1.54, 1.807) is 36.4 Å². The summed E-state index contributed by atoms with van der Waals surface area (Å²) in [7, 11) is 0. The summed E-state index contributed by atoms with van der Waals surface area (Å²) in [6, 6.07) is 13.3. The summed E-state index contributed by atoms with van der Waals surface area (Å²) in [5.74, 6) is -0.583. The Morgan fingerprint density at radius 2 is 1.85 bits per heavy atom. The van der Waals surface area contributed by atoms with Gasteiger partial charge in [-0.2, -0.15) is 0 Å². The van der Waals surface area contributed by atoms with Gasteiger partial charge in [0.25, 0.3) is 11.7 Å². The van der Waals surface area contributed by atoms with E-state index in [2.05, 4.69) is 0 Å². The predicted octanol–water partition coefficient (Wildman–Crippen LogP) is 5.62. The van der Waals surface area contributed by atoms with Crippen LogP contribution in [0.3, 0.4) is 0 Å². The molecule has 1 aliphatic heterocycles. The van der Waals surface area contributed by atoms with Crippen LogP contribution in [0.2, 0.25) is 0 Å². The first-order chi connectivity index (χ1) is 15.8.